The number of esters is 1. The molecule has 2 unspecified atom stereocenters. The van der Waals surface area contributed by atoms with Crippen molar-refractivity contribution in [3.63, 3.8) is 0 Å². The molecule has 0 fully saturated rings. The van der Waals surface area contributed by atoms with Gasteiger partial charge in [-0.2, -0.15) is 0 Å². The molecule has 1 amide bonds. The molecule has 2 aromatic carbocycles. The van der Waals surface area contributed by atoms with E-state index in [9.17, 15) is 13.8 Å². The molecule has 0 saturated carbocycles. The van der Waals surface area contributed by atoms with Crippen LogP contribution in [0.15, 0.2) is 59.8 Å². The van der Waals surface area contributed by atoms with E-state index in [4.69, 9.17) is 20.9 Å². The number of rotatable bonds is 8. The van der Waals surface area contributed by atoms with Crippen molar-refractivity contribution in [1.82, 2.24) is 5.32 Å². The van der Waals surface area contributed by atoms with Crippen LogP contribution in [0, 0.1) is 0 Å². The van der Waals surface area contributed by atoms with Gasteiger partial charge in [-0.05, 0) is 68.3 Å². The lowest BCUT2D eigenvalue weighted by Gasteiger charge is -2.20. The number of hydrogen-bond donors (Lipinski definition) is 4. The van der Waals surface area contributed by atoms with Crippen LogP contribution in [0.2, 0.25) is 5.02 Å². The fraction of sp³-hybridized carbons (Fsp3) is 0.238. The molecule has 0 heterocycles. The van der Waals surface area contributed by atoms with Crippen LogP contribution < -0.4 is 15.4 Å². The second-order valence-electron chi connectivity index (χ2n) is 6.74. The van der Waals surface area contributed by atoms with Gasteiger partial charge in [0.1, 0.15) is 0 Å². The topological polar surface area (TPSA) is 117 Å². The number of hydrogen-bond acceptors (Lipinski definition) is 5. The van der Waals surface area contributed by atoms with E-state index < -0.39 is 23.1 Å². The Morgan fingerprint density at radius 2 is 1.77 bits per heavy atom. The number of benzene rings is 2. The summed E-state index contributed by atoms with van der Waals surface area (Å²) < 4.78 is 27.2. The highest BCUT2D eigenvalue weighted by atomic mass is 35.5. The lowest BCUT2D eigenvalue weighted by atomic mass is 10.1. The van der Waals surface area contributed by atoms with E-state index in [1.165, 1.54) is 24.3 Å². The highest BCUT2D eigenvalue weighted by Crippen LogP contribution is 2.29. The molecule has 1 aliphatic carbocycles. The molecule has 0 aliphatic heterocycles. The van der Waals surface area contributed by atoms with Crippen molar-refractivity contribution in [3.05, 3.63) is 70.4 Å². The van der Waals surface area contributed by atoms with Crippen molar-refractivity contribution < 1.29 is 23.1 Å². The fourth-order valence-corrected chi connectivity index (χ4v) is 3.71. The van der Waals surface area contributed by atoms with Crippen LogP contribution >= 0.6 is 11.6 Å². The zero-order chi connectivity index (χ0) is 22.4. The summed E-state index contributed by atoms with van der Waals surface area (Å²) >= 11 is 3.74. The Labute approximate surface area is 187 Å². The highest BCUT2D eigenvalue weighted by Gasteiger charge is 2.31. The molecule has 31 heavy (non-hydrogen) atoms. The zero-order valence-electron chi connectivity index (χ0n) is 16.7. The number of anilines is 2. The van der Waals surface area contributed by atoms with E-state index in [0.717, 1.165) is 5.69 Å². The van der Waals surface area contributed by atoms with Crippen molar-refractivity contribution in [2.24, 2.45) is 0 Å². The molecule has 3 rings (SSSR count). The summed E-state index contributed by atoms with van der Waals surface area (Å²) in [6.07, 6.45) is 1.07. The first-order chi connectivity index (χ1) is 14.9. The normalized spacial score (nSPS) is 16.5. The van der Waals surface area contributed by atoms with Crippen molar-refractivity contribution in [2.45, 2.75) is 25.8 Å². The Bertz CT molecular complexity index is 1010. The van der Waals surface area contributed by atoms with E-state index in [1.807, 2.05) is 12.1 Å². The molecule has 0 spiro atoms. The monoisotopic (exact) mass is 463 g/mol. The van der Waals surface area contributed by atoms with E-state index in [2.05, 4.69) is 15.4 Å². The van der Waals surface area contributed by atoms with Gasteiger partial charge in [0.15, 0.2) is 0 Å². The van der Waals surface area contributed by atoms with Gasteiger partial charge in [0.05, 0.1) is 23.9 Å². The smallest absolute Gasteiger partial charge is 0.335 e. The molecule has 2 atom stereocenters. The highest BCUT2D eigenvalue weighted by molar-refractivity contribution is 7.80. The Morgan fingerprint density at radius 3 is 2.39 bits per heavy atom. The molecule has 0 bridgehead atoms. The maximum atomic E-state index is 12.8. The zero-order valence-corrected chi connectivity index (χ0v) is 18.3. The molecule has 164 valence electrons. The van der Waals surface area contributed by atoms with Crippen molar-refractivity contribution >= 4 is 46.1 Å². The first-order valence-electron chi connectivity index (χ1n) is 9.58. The summed E-state index contributed by atoms with van der Waals surface area (Å²) in [5, 5.41) is 6.78. The summed E-state index contributed by atoms with van der Waals surface area (Å²) in [5.41, 5.74) is 2.43. The second-order valence-corrected chi connectivity index (χ2v) is 7.88. The van der Waals surface area contributed by atoms with E-state index in [0.29, 0.717) is 40.4 Å². The largest absolute Gasteiger partial charge is 0.463 e. The summed E-state index contributed by atoms with van der Waals surface area (Å²) in [4.78, 5) is 25.3. The van der Waals surface area contributed by atoms with Crippen molar-refractivity contribution in [2.75, 3.05) is 16.6 Å². The van der Waals surface area contributed by atoms with E-state index >= 15 is 0 Å². The third-order valence-electron chi connectivity index (χ3n) is 4.66. The Kier molecular flexibility index (Phi) is 7.67. The Balaban J connectivity index is 1.81. The number of amides is 1. The minimum absolute atomic E-state index is 0.236. The molecule has 0 aromatic heterocycles. The average molecular weight is 464 g/mol. The Morgan fingerprint density at radius 1 is 1.13 bits per heavy atom. The number of halogens is 1. The van der Waals surface area contributed by atoms with Gasteiger partial charge in [-0.25, -0.2) is 9.00 Å². The minimum atomic E-state index is -2.20. The first kappa shape index (κ1) is 22.8. The van der Waals surface area contributed by atoms with Gasteiger partial charge in [0, 0.05) is 22.0 Å². The van der Waals surface area contributed by atoms with Crippen LogP contribution in [-0.2, 0) is 20.8 Å². The predicted molar refractivity (Wildman–Crippen MR) is 120 cm³/mol. The fourth-order valence-electron chi connectivity index (χ4n) is 3.25. The number of carbonyl (C=O) groups excluding carboxylic acids is 2. The summed E-state index contributed by atoms with van der Waals surface area (Å²) in [7, 11) is 0. The SMILES string of the molecule is CCOC(=O)C1=C(NC(=O)c2ccc(NS(=O)O)cc2)C(Nc2ccc(Cl)cc2)CC1. The number of carbonyl (C=O) groups is 2. The number of nitrogens with one attached hydrogen (secondary N) is 3. The summed E-state index contributed by atoms with van der Waals surface area (Å²) in [5.74, 6) is -0.860. The van der Waals surface area contributed by atoms with Gasteiger partial charge in [-0.1, -0.05) is 11.6 Å². The minimum Gasteiger partial charge on any atom is -0.463 e. The van der Waals surface area contributed by atoms with E-state index in [-0.39, 0.29) is 12.6 Å². The van der Waals surface area contributed by atoms with Crippen LogP contribution in [0.1, 0.15) is 30.1 Å². The molecule has 8 nitrogen and oxygen atoms in total. The second kappa shape index (κ2) is 10.4. The van der Waals surface area contributed by atoms with Crippen LogP contribution in [0.25, 0.3) is 0 Å². The average Bonchev–Trinajstić information content (AvgIpc) is 3.12. The molecular weight excluding hydrogens is 442 g/mol. The predicted octanol–water partition coefficient (Wildman–Crippen LogP) is 3.71. The molecular formula is C21H22ClN3O5S. The molecule has 0 saturated heterocycles. The lowest BCUT2D eigenvalue weighted by molar-refractivity contribution is -0.138. The van der Waals surface area contributed by atoms with Gasteiger partial charge in [-0.15, -0.1) is 0 Å². The van der Waals surface area contributed by atoms with Gasteiger partial charge in [-0.3, -0.25) is 14.1 Å². The van der Waals surface area contributed by atoms with Crippen LogP contribution in [0.5, 0.6) is 0 Å². The Hall–Kier alpha value is -2.88. The standard InChI is InChI=1S/C21H22ClN3O5S/c1-2-30-21(27)17-11-12-18(23-15-9-5-14(22)6-10-15)19(17)24-20(26)13-3-7-16(8-4-13)25-31(28)29/h3-10,18,23,25H,2,11-12H2,1H3,(H,24,26)(H,28,29). The first-order valence-corrected chi connectivity index (χ1v) is 11.1. The quantitative estimate of drug-likeness (QED) is 0.350. The van der Waals surface area contributed by atoms with Gasteiger partial charge >= 0.3 is 5.97 Å². The summed E-state index contributed by atoms with van der Waals surface area (Å²) in [6.45, 7) is 1.96. The number of ether oxygens (including phenoxy) is 1. The maximum Gasteiger partial charge on any atom is 0.335 e. The maximum absolute atomic E-state index is 12.8. The molecule has 4 N–H and O–H groups in total. The van der Waals surface area contributed by atoms with Crippen LogP contribution in [0.4, 0.5) is 11.4 Å². The van der Waals surface area contributed by atoms with Crippen molar-refractivity contribution in [3.8, 4) is 0 Å². The molecule has 2 aromatic rings. The molecule has 1 aliphatic rings. The van der Waals surface area contributed by atoms with Gasteiger partial charge < -0.3 is 15.4 Å². The lowest BCUT2D eigenvalue weighted by Crippen LogP contribution is -2.33. The van der Waals surface area contributed by atoms with Crippen LogP contribution in [-0.4, -0.2) is 33.3 Å². The van der Waals surface area contributed by atoms with Crippen molar-refractivity contribution in [1.29, 1.82) is 0 Å². The molecule has 10 heteroatoms. The van der Waals surface area contributed by atoms with E-state index in [1.54, 1.807) is 19.1 Å². The van der Waals surface area contributed by atoms with Crippen LogP contribution in [0.3, 0.4) is 0 Å². The molecule has 0 radical (unpaired) electrons. The van der Waals surface area contributed by atoms with Gasteiger partial charge in [0.25, 0.3) is 17.2 Å². The van der Waals surface area contributed by atoms with Gasteiger partial charge in [0.2, 0.25) is 0 Å². The third kappa shape index (κ3) is 6.06. The summed E-state index contributed by atoms with van der Waals surface area (Å²) in [6, 6.07) is 12.9. The third-order valence-corrected chi connectivity index (χ3v) is 5.33.